The summed E-state index contributed by atoms with van der Waals surface area (Å²) >= 11 is 11.0. The van der Waals surface area contributed by atoms with E-state index in [9.17, 15) is 0 Å². The minimum Gasteiger partial charge on any atom is -0.394 e. The molecule has 0 aliphatic rings. The molecule has 0 heterocycles. The molecule has 0 saturated carbocycles. The van der Waals surface area contributed by atoms with Crippen LogP contribution < -0.4 is 0 Å². The highest BCUT2D eigenvalue weighted by atomic mass is 79.9. The molecule has 0 fully saturated rings. The molecule has 0 aliphatic heterocycles. The van der Waals surface area contributed by atoms with Crippen molar-refractivity contribution >= 4 is 43.5 Å². The smallest absolute Gasteiger partial charge is 0.231 e. The Balaban J connectivity index is 3.52. The van der Waals surface area contributed by atoms with Crippen molar-refractivity contribution in [1.29, 1.82) is 0 Å². The van der Waals surface area contributed by atoms with Crippen LogP contribution in [-0.2, 0) is 4.74 Å². The molecule has 2 atom stereocenters. The van der Waals surface area contributed by atoms with E-state index in [0.717, 1.165) is 0 Å². The molecule has 2 N–H and O–H groups in total. The number of hydrogen-bond acceptors (Lipinski definition) is 3. The molecular formula is C4H7Br2ClO3. The van der Waals surface area contributed by atoms with Gasteiger partial charge in [-0.3, -0.25) is 0 Å². The molecule has 0 amide bonds. The number of aliphatic hydroxyl groups excluding tert-OH is 1. The van der Waals surface area contributed by atoms with Crippen LogP contribution in [0.5, 0.6) is 0 Å². The van der Waals surface area contributed by atoms with Crippen molar-refractivity contribution < 1.29 is 14.9 Å². The number of aliphatic hydroxyl groups is 2. The van der Waals surface area contributed by atoms with Crippen molar-refractivity contribution in [1.82, 2.24) is 0 Å². The monoisotopic (exact) mass is 296 g/mol. The number of rotatable bonds is 4. The van der Waals surface area contributed by atoms with Gasteiger partial charge in [-0.15, -0.1) is 0 Å². The molecule has 0 aromatic heterocycles. The van der Waals surface area contributed by atoms with E-state index in [0.29, 0.717) is 0 Å². The second-order valence-electron chi connectivity index (χ2n) is 1.50. The highest BCUT2D eigenvalue weighted by Gasteiger charge is 2.29. The molecule has 2 unspecified atom stereocenters. The minimum atomic E-state index is -1.62. The number of halogens is 3. The molecule has 0 aromatic rings. The molecule has 0 radical (unpaired) electrons. The van der Waals surface area contributed by atoms with Crippen LogP contribution in [0.2, 0.25) is 0 Å². The first kappa shape index (κ1) is 11.1. The van der Waals surface area contributed by atoms with Gasteiger partial charge in [0.1, 0.15) is 0 Å². The first-order valence-electron chi connectivity index (χ1n) is 2.45. The van der Waals surface area contributed by atoms with Crippen LogP contribution in [0.15, 0.2) is 0 Å². The zero-order valence-corrected chi connectivity index (χ0v) is 8.86. The standard InChI is InChI=1S/C4H7Br2ClO3/c5-3(4(6,7)9)10-2-1-8/h3,8-9H,1-2H2. The molecular weight excluding hydrogens is 291 g/mol. The number of alkyl halides is 3. The van der Waals surface area contributed by atoms with Crippen molar-refractivity contribution in [3.05, 3.63) is 0 Å². The van der Waals surface area contributed by atoms with Gasteiger partial charge in [0.25, 0.3) is 0 Å². The summed E-state index contributed by atoms with van der Waals surface area (Å²) in [5, 5.41) is 16.5. The molecule has 10 heavy (non-hydrogen) atoms. The first-order valence-corrected chi connectivity index (χ1v) is 4.54. The van der Waals surface area contributed by atoms with Gasteiger partial charge in [-0.05, 0) is 15.9 Å². The van der Waals surface area contributed by atoms with Gasteiger partial charge in [-0.2, -0.15) is 0 Å². The molecule has 0 rings (SSSR count). The molecule has 62 valence electrons. The average molecular weight is 298 g/mol. The van der Waals surface area contributed by atoms with Crippen LogP contribution in [0.3, 0.4) is 0 Å². The minimum absolute atomic E-state index is 0.109. The molecule has 0 aliphatic carbocycles. The van der Waals surface area contributed by atoms with Crippen LogP contribution in [0.25, 0.3) is 0 Å². The van der Waals surface area contributed by atoms with Gasteiger partial charge in [0, 0.05) is 0 Å². The summed E-state index contributed by atoms with van der Waals surface area (Å²) in [5.41, 5.74) is 0. The predicted octanol–water partition coefficient (Wildman–Crippen LogP) is 0.996. The molecule has 0 bridgehead atoms. The molecule has 0 aromatic carbocycles. The second kappa shape index (κ2) is 4.90. The Morgan fingerprint density at radius 3 is 2.50 bits per heavy atom. The van der Waals surface area contributed by atoms with E-state index < -0.39 is 8.98 Å². The molecule has 0 saturated heterocycles. The second-order valence-corrected chi connectivity index (χ2v) is 4.57. The van der Waals surface area contributed by atoms with Crippen LogP contribution in [0.1, 0.15) is 0 Å². The lowest BCUT2D eigenvalue weighted by Gasteiger charge is -2.19. The van der Waals surface area contributed by atoms with Crippen molar-refractivity contribution in [2.24, 2.45) is 0 Å². The van der Waals surface area contributed by atoms with Gasteiger partial charge >= 0.3 is 0 Å². The highest BCUT2D eigenvalue weighted by Crippen LogP contribution is 2.29. The summed E-state index contributed by atoms with van der Waals surface area (Å²) in [6.07, 6.45) is 0. The summed E-state index contributed by atoms with van der Waals surface area (Å²) in [5.74, 6) is 0. The molecule has 3 nitrogen and oxygen atoms in total. The zero-order chi connectivity index (χ0) is 8.20. The normalized spacial score (nSPS) is 20.1. The van der Waals surface area contributed by atoms with E-state index in [4.69, 9.17) is 26.6 Å². The van der Waals surface area contributed by atoms with Gasteiger partial charge in [0.05, 0.1) is 13.2 Å². The van der Waals surface area contributed by atoms with Crippen LogP contribution in [0, 0.1) is 0 Å². The Hall–Kier alpha value is 1.13. The average Bonchev–Trinajstić information content (AvgIpc) is 1.80. The Morgan fingerprint density at radius 2 is 2.20 bits per heavy atom. The van der Waals surface area contributed by atoms with E-state index >= 15 is 0 Å². The Labute approximate surface area is 80.6 Å². The maximum absolute atomic E-state index is 8.94. The van der Waals surface area contributed by atoms with Crippen molar-refractivity contribution in [3.63, 3.8) is 0 Å². The van der Waals surface area contributed by atoms with Gasteiger partial charge in [0.2, 0.25) is 3.97 Å². The first-order chi connectivity index (χ1) is 4.48. The van der Waals surface area contributed by atoms with Gasteiger partial charge in [-0.25, -0.2) is 0 Å². The molecule has 6 heteroatoms. The lowest BCUT2D eigenvalue weighted by atomic mass is 10.7. The number of ether oxygens (including phenoxy) is 1. The third-order valence-corrected chi connectivity index (χ3v) is 3.05. The third kappa shape index (κ3) is 4.87. The zero-order valence-electron chi connectivity index (χ0n) is 4.93. The predicted molar refractivity (Wildman–Crippen MR) is 45.5 cm³/mol. The largest absolute Gasteiger partial charge is 0.394 e. The van der Waals surface area contributed by atoms with E-state index in [2.05, 4.69) is 31.9 Å². The third-order valence-electron chi connectivity index (χ3n) is 0.629. The van der Waals surface area contributed by atoms with Gasteiger partial charge < -0.3 is 14.9 Å². The lowest BCUT2D eigenvalue weighted by molar-refractivity contribution is 0.0246. The Kier molecular flexibility index (Phi) is 5.45. The quantitative estimate of drug-likeness (QED) is 0.761. The maximum Gasteiger partial charge on any atom is 0.231 e. The summed E-state index contributed by atoms with van der Waals surface area (Å²) in [4.78, 5) is 0. The van der Waals surface area contributed by atoms with E-state index in [1.165, 1.54) is 0 Å². The summed E-state index contributed by atoms with van der Waals surface area (Å²) < 4.78 is 3.17. The van der Waals surface area contributed by atoms with E-state index in [1.807, 2.05) is 0 Å². The SMILES string of the molecule is OCCOC(Br)C(O)(Cl)Br. The van der Waals surface area contributed by atoms with E-state index in [-0.39, 0.29) is 13.2 Å². The fourth-order valence-electron chi connectivity index (χ4n) is 0.256. The summed E-state index contributed by atoms with van der Waals surface area (Å²) in [7, 11) is 0. The van der Waals surface area contributed by atoms with Crippen LogP contribution >= 0.6 is 43.5 Å². The summed E-state index contributed by atoms with van der Waals surface area (Å²) in [6, 6.07) is 0. The van der Waals surface area contributed by atoms with Gasteiger partial charge in [0.15, 0.2) is 5.01 Å². The van der Waals surface area contributed by atoms with Crippen LogP contribution in [0.4, 0.5) is 0 Å². The van der Waals surface area contributed by atoms with Crippen molar-refractivity contribution in [2.75, 3.05) is 13.2 Å². The Morgan fingerprint density at radius 1 is 1.70 bits per heavy atom. The Bertz CT molecular complexity index is 95.0. The summed E-state index contributed by atoms with van der Waals surface area (Å²) in [6.45, 7) is 0.0125. The lowest BCUT2D eigenvalue weighted by Crippen LogP contribution is -2.28. The number of hydrogen-bond donors (Lipinski definition) is 2. The van der Waals surface area contributed by atoms with Crippen molar-refractivity contribution in [3.8, 4) is 0 Å². The fraction of sp³-hybridized carbons (Fsp3) is 1.00. The molecule has 0 spiro atoms. The highest BCUT2D eigenvalue weighted by molar-refractivity contribution is 9.12. The van der Waals surface area contributed by atoms with Crippen molar-refractivity contribution in [2.45, 2.75) is 8.98 Å². The maximum atomic E-state index is 8.94. The van der Waals surface area contributed by atoms with Gasteiger partial charge in [-0.1, -0.05) is 27.5 Å². The van der Waals surface area contributed by atoms with E-state index in [1.54, 1.807) is 0 Å². The topological polar surface area (TPSA) is 49.7 Å². The van der Waals surface area contributed by atoms with Crippen LogP contribution in [-0.4, -0.2) is 32.4 Å². The fourth-order valence-corrected chi connectivity index (χ4v) is 0.639.